The van der Waals surface area contributed by atoms with Crippen LogP contribution in [0.3, 0.4) is 0 Å². The van der Waals surface area contributed by atoms with E-state index in [9.17, 15) is 14.4 Å². The van der Waals surface area contributed by atoms with E-state index < -0.39 is 17.8 Å². The average Bonchev–Trinajstić information content (AvgIpc) is 3.33. The summed E-state index contributed by atoms with van der Waals surface area (Å²) in [7, 11) is 0. The van der Waals surface area contributed by atoms with Gasteiger partial charge < -0.3 is 8.98 Å². The topological polar surface area (TPSA) is 84.6 Å². The third-order valence-electron chi connectivity index (χ3n) is 5.18. The van der Waals surface area contributed by atoms with Gasteiger partial charge in [-0.3, -0.25) is 19.8 Å². The predicted molar refractivity (Wildman–Crippen MR) is 110 cm³/mol. The number of nitrogens with one attached hydrogen (secondary N) is 1. The quantitative estimate of drug-likeness (QED) is 0.523. The van der Waals surface area contributed by atoms with Crippen molar-refractivity contribution in [2.75, 3.05) is 0 Å². The van der Waals surface area contributed by atoms with Gasteiger partial charge in [-0.05, 0) is 49.2 Å². The highest BCUT2D eigenvalue weighted by atomic mass is 16.3. The molecule has 1 saturated heterocycles. The second-order valence-electron chi connectivity index (χ2n) is 7.19. The van der Waals surface area contributed by atoms with Crippen molar-refractivity contribution in [3.05, 3.63) is 88.6 Å². The van der Waals surface area contributed by atoms with Gasteiger partial charge in [0, 0.05) is 17.9 Å². The fourth-order valence-electron chi connectivity index (χ4n) is 3.53. The van der Waals surface area contributed by atoms with Crippen LogP contribution >= 0.6 is 0 Å². The fraction of sp³-hybridized carbons (Fsp3) is 0.174. The molecule has 4 amide bonds. The number of nitrogens with zero attached hydrogens (tertiary/aromatic N) is 2. The molecule has 1 aliphatic rings. The zero-order chi connectivity index (χ0) is 21.3. The summed E-state index contributed by atoms with van der Waals surface area (Å²) in [5.41, 5.74) is 3.77. The van der Waals surface area contributed by atoms with E-state index in [1.54, 1.807) is 18.2 Å². The Labute approximate surface area is 173 Å². The van der Waals surface area contributed by atoms with E-state index in [-0.39, 0.29) is 12.1 Å². The summed E-state index contributed by atoms with van der Waals surface area (Å²) in [6.07, 6.45) is 3.01. The lowest BCUT2D eigenvalue weighted by atomic mass is 10.1. The SMILES string of the molecule is Cc1cc(C=C2C(=O)NC(=O)N(Cc3ccco3)C2=O)c(C)n1Cc1ccccc1. The lowest BCUT2D eigenvalue weighted by Crippen LogP contribution is -2.53. The lowest BCUT2D eigenvalue weighted by molar-refractivity contribution is -0.130. The lowest BCUT2D eigenvalue weighted by Gasteiger charge is -2.25. The van der Waals surface area contributed by atoms with E-state index in [0.717, 1.165) is 27.4 Å². The number of barbiturate groups is 1. The summed E-state index contributed by atoms with van der Waals surface area (Å²) >= 11 is 0. The van der Waals surface area contributed by atoms with Crippen molar-refractivity contribution in [3.8, 4) is 0 Å². The summed E-state index contributed by atoms with van der Waals surface area (Å²) in [5, 5.41) is 2.23. The largest absolute Gasteiger partial charge is 0.467 e. The molecule has 2 aromatic heterocycles. The first-order valence-corrected chi connectivity index (χ1v) is 9.56. The van der Waals surface area contributed by atoms with Crippen LogP contribution in [0.1, 0.15) is 28.3 Å². The van der Waals surface area contributed by atoms with Gasteiger partial charge in [0.15, 0.2) is 0 Å². The Morgan fingerprint density at radius 3 is 2.47 bits per heavy atom. The normalized spacial score (nSPS) is 15.7. The Hall–Kier alpha value is -3.87. The number of aromatic nitrogens is 1. The molecule has 7 nitrogen and oxygen atoms in total. The van der Waals surface area contributed by atoms with Crippen molar-refractivity contribution in [3.63, 3.8) is 0 Å². The van der Waals surface area contributed by atoms with E-state index in [1.165, 1.54) is 6.26 Å². The maximum Gasteiger partial charge on any atom is 0.331 e. The van der Waals surface area contributed by atoms with Gasteiger partial charge in [-0.2, -0.15) is 0 Å². The third kappa shape index (κ3) is 3.69. The van der Waals surface area contributed by atoms with Crippen LogP contribution in [0.25, 0.3) is 6.08 Å². The van der Waals surface area contributed by atoms with Crippen molar-refractivity contribution in [1.82, 2.24) is 14.8 Å². The van der Waals surface area contributed by atoms with Crippen molar-refractivity contribution in [2.45, 2.75) is 26.9 Å². The van der Waals surface area contributed by atoms with Crippen molar-refractivity contribution in [2.24, 2.45) is 0 Å². The molecule has 0 saturated carbocycles. The number of furan rings is 1. The van der Waals surface area contributed by atoms with Crippen LogP contribution in [0.4, 0.5) is 4.79 Å². The minimum Gasteiger partial charge on any atom is -0.467 e. The third-order valence-corrected chi connectivity index (χ3v) is 5.18. The molecule has 0 radical (unpaired) electrons. The number of hydrogen-bond donors (Lipinski definition) is 1. The first-order chi connectivity index (χ1) is 14.4. The molecule has 0 spiro atoms. The standard InChI is InChI=1S/C23H21N3O4/c1-15-11-18(16(2)25(15)13-17-7-4-3-5-8-17)12-20-21(27)24-23(29)26(22(20)28)14-19-9-6-10-30-19/h3-12H,13-14H2,1-2H3,(H,24,27,29). The summed E-state index contributed by atoms with van der Waals surface area (Å²) in [4.78, 5) is 38.4. The number of urea groups is 1. The Morgan fingerprint density at radius 1 is 1.00 bits per heavy atom. The highest BCUT2D eigenvalue weighted by Gasteiger charge is 2.36. The summed E-state index contributed by atoms with van der Waals surface area (Å²) < 4.78 is 7.35. The molecule has 4 rings (SSSR count). The van der Waals surface area contributed by atoms with Crippen molar-refractivity contribution < 1.29 is 18.8 Å². The summed E-state index contributed by atoms with van der Waals surface area (Å²) in [5.74, 6) is -0.894. The molecule has 1 aliphatic heterocycles. The molecular formula is C23H21N3O4. The molecule has 1 aromatic carbocycles. The maximum absolute atomic E-state index is 12.9. The minimum atomic E-state index is -0.756. The van der Waals surface area contributed by atoms with Gasteiger partial charge in [0.25, 0.3) is 11.8 Å². The van der Waals surface area contributed by atoms with Crippen LogP contribution in [0.2, 0.25) is 0 Å². The molecule has 0 unspecified atom stereocenters. The Morgan fingerprint density at radius 2 is 1.77 bits per heavy atom. The van der Waals surface area contributed by atoms with Gasteiger partial charge in [0.1, 0.15) is 11.3 Å². The van der Waals surface area contributed by atoms with Gasteiger partial charge >= 0.3 is 6.03 Å². The van der Waals surface area contributed by atoms with E-state index in [0.29, 0.717) is 12.3 Å². The number of imide groups is 2. The van der Waals surface area contributed by atoms with Gasteiger partial charge in [-0.1, -0.05) is 30.3 Å². The monoisotopic (exact) mass is 403 g/mol. The molecule has 3 aromatic rings. The number of hydrogen-bond acceptors (Lipinski definition) is 4. The molecule has 0 aliphatic carbocycles. The van der Waals surface area contributed by atoms with Crippen molar-refractivity contribution in [1.29, 1.82) is 0 Å². The van der Waals surface area contributed by atoms with E-state index in [1.807, 2.05) is 50.2 Å². The zero-order valence-electron chi connectivity index (χ0n) is 16.7. The predicted octanol–water partition coefficient (Wildman–Crippen LogP) is 3.41. The fourth-order valence-corrected chi connectivity index (χ4v) is 3.53. The molecule has 1 fully saturated rings. The molecule has 0 atom stereocenters. The molecular weight excluding hydrogens is 382 g/mol. The summed E-state index contributed by atoms with van der Waals surface area (Å²) in [6, 6.07) is 14.6. The van der Waals surface area contributed by atoms with E-state index in [2.05, 4.69) is 9.88 Å². The molecule has 152 valence electrons. The number of carbonyl (C=O) groups excluding carboxylic acids is 3. The Balaban J connectivity index is 1.64. The molecule has 1 N–H and O–H groups in total. The second-order valence-corrected chi connectivity index (χ2v) is 7.19. The molecule has 0 bridgehead atoms. The molecule has 7 heteroatoms. The maximum atomic E-state index is 12.9. The van der Waals surface area contributed by atoms with E-state index >= 15 is 0 Å². The molecule has 30 heavy (non-hydrogen) atoms. The average molecular weight is 403 g/mol. The van der Waals surface area contributed by atoms with Crippen LogP contribution in [-0.4, -0.2) is 27.3 Å². The zero-order valence-corrected chi connectivity index (χ0v) is 16.7. The highest BCUT2D eigenvalue weighted by molar-refractivity contribution is 6.31. The first-order valence-electron chi connectivity index (χ1n) is 9.56. The van der Waals surface area contributed by atoms with Gasteiger partial charge in [0.2, 0.25) is 0 Å². The van der Waals surface area contributed by atoms with Crippen LogP contribution in [-0.2, 0) is 22.7 Å². The van der Waals surface area contributed by atoms with Crippen LogP contribution in [0.5, 0.6) is 0 Å². The van der Waals surface area contributed by atoms with Gasteiger partial charge in [-0.15, -0.1) is 0 Å². The smallest absolute Gasteiger partial charge is 0.331 e. The summed E-state index contributed by atoms with van der Waals surface area (Å²) in [6.45, 7) is 4.56. The van der Waals surface area contributed by atoms with Crippen LogP contribution < -0.4 is 5.32 Å². The second kappa shape index (κ2) is 7.87. The number of aryl methyl sites for hydroxylation is 1. The van der Waals surface area contributed by atoms with Gasteiger partial charge in [0.05, 0.1) is 12.8 Å². The first kappa shape index (κ1) is 19.4. The van der Waals surface area contributed by atoms with Crippen LogP contribution in [0, 0.1) is 13.8 Å². The van der Waals surface area contributed by atoms with Gasteiger partial charge in [-0.25, -0.2) is 4.79 Å². The van der Waals surface area contributed by atoms with E-state index in [4.69, 9.17) is 4.42 Å². The number of amides is 4. The van der Waals surface area contributed by atoms with Crippen LogP contribution in [0.15, 0.2) is 64.8 Å². The highest BCUT2D eigenvalue weighted by Crippen LogP contribution is 2.22. The number of carbonyl (C=O) groups is 3. The Bertz CT molecular complexity index is 1140. The number of rotatable bonds is 5. The Kier molecular flexibility index (Phi) is 5.10. The number of benzene rings is 1. The molecule has 3 heterocycles. The minimum absolute atomic E-state index is 0.0463. The van der Waals surface area contributed by atoms with Crippen molar-refractivity contribution >= 4 is 23.9 Å².